The Morgan fingerprint density at radius 3 is 2.75 bits per heavy atom. The van der Waals surface area contributed by atoms with E-state index in [4.69, 9.17) is 0 Å². The predicted molar refractivity (Wildman–Crippen MR) is 54.2 cm³/mol. The van der Waals surface area contributed by atoms with Gasteiger partial charge in [0.1, 0.15) is 0 Å². The average Bonchev–Trinajstić information content (AvgIpc) is 1.91. The smallest absolute Gasteiger partial charge is 0.0334 e. The molecule has 1 unspecified atom stereocenters. The fourth-order valence-electron chi connectivity index (χ4n) is 1.58. The SMILES string of the molecule is Cc1cc(Br)ccc1C1CCN1. The Balaban J connectivity index is 2.31. The lowest BCUT2D eigenvalue weighted by Gasteiger charge is -2.29. The van der Waals surface area contributed by atoms with Crippen molar-refractivity contribution in [1.29, 1.82) is 0 Å². The predicted octanol–water partition coefficient (Wildman–Crippen LogP) is 2.79. The monoisotopic (exact) mass is 225 g/mol. The van der Waals surface area contributed by atoms with Crippen LogP contribution < -0.4 is 5.32 Å². The van der Waals surface area contributed by atoms with Gasteiger partial charge in [0.2, 0.25) is 0 Å². The highest BCUT2D eigenvalue weighted by atomic mass is 79.9. The summed E-state index contributed by atoms with van der Waals surface area (Å²) in [5, 5.41) is 3.41. The minimum atomic E-state index is 0.609. The maximum Gasteiger partial charge on any atom is 0.0334 e. The molecule has 2 rings (SSSR count). The zero-order chi connectivity index (χ0) is 8.55. The van der Waals surface area contributed by atoms with Crippen molar-refractivity contribution in [2.45, 2.75) is 19.4 Å². The van der Waals surface area contributed by atoms with Crippen molar-refractivity contribution in [2.75, 3.05) is 6.54 Å². The highest BCUT2D eigenvalue weighted by Gasteiger charge is 2.19. The molecule has 1 aromatic rings. The fraction of sp³-hybridized carbons (Fsp3) is 0.400. The van der Waals surface area contributed by atoms with Crippen LogP contribution in [0.1, 0.15) is 23.6 Å². The highest BCUT2D eigenvalue weighted by Crippen LogP contribution is 2.27. The number of hydrogen-bond donors (Lipinski definition) is 1. The molecule has 1 nitrogen and oxygen atoms in total. The molecule has 1 heterocycles. The van der Waals surface area contributed by atoms with E-state index >= 15 is 0 Å². The largest absolute Gasteiger partial charge is 0.310 e. The first-order valence-electron chi connectivity index (χ1n) is 4.27. The van der Waals surface area contributed by atoms with Crippen LogP contribution in [0, 0.1) is 6.92 Å². The molecule has 0 amide bonds. The molecular formula is C10H12BrN. The molecule has 0 radical (unpaired) electrons. The lowest BCUT2D eigenvalue weighted by Crippen LogP contribution is -2.35. The van der Waals surface area contributed by atoms with Crippen molar-refractivity contribution in [1.82, 2.24) is 5.32 Å². The molecule has 1 N–H and O–H groups in total. The summed E-state index contributed by atoms with van der Waals surface area (Å²) < 4.78 is 1.17. The molecule has 0 bridgehead atoms. The molecule has 0 spiro atoms. The summed E-state index contributed by atoms with van der Waals surface area (Å²) >= 11 is 3.46. The van der Waals surface area contributed by atoms with Crippen molar-refractivity contribution in [2.24, 2.45) is 0 Å². The van der Waals surface area contributed by atoms with Crippen LogP contribution >= 0.6 is 15.9 Å². The Labute approximate surface area is 81.3 Å². The number of nitrogens with one attached hydrogen (secondary N) is 1. The number of halogens is 1. The van der Waals surface area contributed by atoms with Crippen molar-refractivity contribution >= 4 is 15.9 Å². The highest BCUT2D eigenvalue weighted by molar-refractivity contribution is 9.10. The zero-order valence-corrected chi connectivity index (χ0v) is 8.69. The molecule has 0 saturated carbocycles. The van der Waals surface area contributed by atoms with Gasteiger partial charge in [0, 0.05) is 10.5 Å². The van der Waals surface area contributed by atoms with E-state index in [0.717, 1.165) is 0 Å². The Morgan fingerprint density at radius 2 is 2.25 bits per heavy atom. The van der Waals surface area contributed by atoms with Crippen LogP contribution in [0.15, 0.2) is 22.7 Å². The second kappa shape index (κ2) is 3.19. The first-order chi connectivity index (χ1) is 5.77. The fourth-order valence-corrected chi connectivity index (χ4v) is 2.06. The summed E-state index contributed by atoms with van der Waals surface area (Å²) in [5.74, 6) is 0. The van der Waals surface area contributed by atoms with Crippen LogP contribution in [-0.2, 0) is 0 Å². The molecule has 2 heteroatoms. The van der Waals surface area contributed by atoms with E-state index in [1.165, 1.54) is 28.6 Å². The Kier molecular flexibility index (Phi) is 2.20. The molecule has 64 valence electrons. The van der Waals surface area contributed by atoms with E-state index in [-0.39, 0.29) is 0 Å². The minimum absolute atomic E-state index is 0.609. The third kappa shape index (κ3) is 1.41. The Hall–Kier alpha value is -0.340. The number of benzene rings is 1. The summed E-state index contributed by atoms with van der Waals surface area (Å²) in [4.78, 5) is 0. The molecule has 1 aliphatic heterocycles. The van der Waals surface area contributed by atoms with Gasteiger partial charge in [-0.05, 0) is 43.1 Å². The molecule has 0 aliphatic carbocycles. The third-order valence-electron chi connectivity index (χ3n) is 2.43. The maximum atomic E-state index is 3.46. The molecule has 0 aromatic heterocycles. The Morgan fingerprint density at radius 1 is 1.50 bits per heavy atom. The van der Waals surface area contributed by atoms with Gasteiger partial charge in [0.25, 0.3) is 0 Å². The summed E-state index contributed by atoms with van der Waals surface area (Å²) in [6, 6.07) is 7.10. The normalized spacial score (nSPS) is 22.0. The zero-order valence-electron chi connectivity index (χ0n) is 7.10. The van der Waals surface area contributed by atoms with Crippen molar-refractivity contribution in [3.63, 3.8) is 0 Å². The molecule has 1 aromatic carbocycles. The van der Waals surface area contributed by atoms with Crippen molar-refractivity contribution < 1.29 is 0 Å². The second-order valence-electron chi connectivity index (χ2n) is 3.30. The van der Waals surface area contributed by atoms with E-state index in [1.54, 1.807) is 0 Å². The summed E-state index contributed by atoms with van der Waals surface area (Å²) in [6.45, 7) is 3.33. The molecule has 1 atom stereocenters. The van der Waals surface area contributed by atoms with Gasteiger partial charge in [-0.2, -0.15) is 0 Å². The summed E-state index contributed by atoms with van der Waals surface area (Å²) in [7, 11) is 0. The lowest BCUT2D eigenvalue weighted by atomic mass is 9.94. The van der Waals surface area contributed by atoms with Gasteiger partial charge < -0.3 is 5.32 Å². The van der Waals surface area contributed by atoms with Crippen LogP contribution in [0.2, 0.25) is 0 Å². The quantitative estimate of drug-likeness (QED) is 0.776. The molecule has 1 fully saturated rings. The maximum absolute atomic E-state index is 3.46. The van der Waals surface area contributed by atoms with Gasteiger partial charge in [-0.15, -0.1) is 0 Å². The molecule has 1 saturated heterocycles. The number of hydrogen-bond acceptors (Lipinski definition) is 1. The van der Waals surface area contributed by atoms with Crippen LogP contribution in [-0.4, -0.2) is 6.54 Å². The minimum Gasteiger partial charge on any atom is -0.310 e. The van der Waals surface area contributed by atoms with Crippen LogP contribution in [0.25, 0.3) is 0 Å². The third-order valence-corrected chi connectivity index (χ3v) is 2.92. The van der Waals surface area contributed by atoms with E-state index in [1.807, 2.05) is 0 Å². The average molecular weight is 226 g/mol. The summed E-state index contributed by atoms with van der Waals surface area (Å²) in [5.41, 5.74) is 2.83. The Bertz CT molecular complexity index is 292. The van der Waals surface area contributed by atoms with Gasteiger partial charge in [-0.1, -0.05) is 22.0 Å². The van der Waals surface area contributed by atoms with Crippen molar-refractivity contribution in [3.8, 4) is 0 Å². The molecule has 1 aliphatic rings. The first-order valence-corrected chi connectivity index (χ1v) is 5.06. The topological polar surface area (TPSA) is 12.0 Å². The van der Waals surface area contributed by atoms with Gasteiger partial charge in [-0.3, -0.25) is 0 Å². The van der Waals surface area contributed by atoms with E-state index in [9.17, 15) is 0 Å². The van der Waals surface area contributed by atoms with Gasteiger partial charge in [0.05, 0.1) is 0 Å². The standard InChI is InChI=1S/C10H12BrN/c1-7-6-8(11)2-3-9(7)10-4-5-12-10/h2-3,6,10,12H,4-5H2,1H3. The summed E-state index contributed by atoms with van der Waals surface area (Å²) in [6.07, 6.45) is 1.28. The number of rotatable bonds is 1. The van der Waals surface area contributed by atoms with Crippen molar-refractivity contribution in [3.05, 3.63) is 33.8 Å². The first kappa shape index (κ1) is 8.27. The van der Waals surface area contributed by atoms with E-state index in [2.05, 4.69) is 46.4 Å². The van der Waals surface area contributed by atoms with Crippen LogP contribution in [0.4, 0.5) is 0 Å². The second-order valence-corrected chi connectivity index (χ2v) is 4.21. The van der Waals surface area contributed by atoms with Crippen LogP contribution in [0.3, 0.4) is 0 Å². The molecule has 12 heavy (non-hydrogen) atoms. The van der Waals surface area contributed by atoms with E-state index < -0.39 is 0 Å². The van der Waals surface area contributed by atoms with Crippen LogP contribution in [0.5, 0.6) is 0 Å². The number of aryl methyl sites for hydroxylation is 1. The van der Waals surface area contributed by atoms with Gasteiger partial charge in [-0.25, -0.2) is 0 Å². The van der Waals surface area contributed by atoms with E-state index in [0.29, 0.717) is 6.04 Å². The van der Waals surface area contributed by atoms with Gasteiger partial charge in [0.15, 0.2) is 0 Å². The lowest BCUT2D eigenvalue weighted by molar-refractivity contribution is 0.382. The van der Waals surface area contributed by atoms with Gasteiger partial charge >= 0.3 is 0 Å². The molecular weight excluding hydrogens is 214 g/mol.